The van der Waals surface area contributed by atoms with Crippen molar-refractivity contribution in [2.75, 3.05) is 17.2 Å². The topological polar surface area (TPSA) is 240 Å². The van der Waals surface area contributed by atoms with E-state index in [-0.39, 0.29) is 39.2 Å². The number of hydrogen-bond donors (Lipinski definition) is 5. The summed E-state index contributed by atoms with van der Waals surface area (Å²) in [6, 6.07) is 0.536. The molecule has 0 saturated carbocycles. The van der Waals surface area contributed by atoms with Crippen LogP contribution in [-0.2, 0) is 30.6 Å². The molecule has 2 amide bonds. The molecule has 3 aromatic heterocycles. The minimum Gasteiger partial charge on any atom is -0.478 e. The number of halogens is 1. The molecule has 3 aromatic rings. The van der Waals surface area contributed by atoms with Crippen LogP contribution in [0.5, 0.6) is 0 Å². The Hall–Kier alpha value is -4.42. The summed E-state index contributed by atoms with van der Waals surface area (Å²) in [7, 11) is 0. The quantitative estimate of drug-likeness (QED) is 0.0915. The van der Waals surface area contributed by atoms with Gasteiger partial charge in [-0.2, -0.15) is 9.55 Å². The van der Waals surface area contributed by atoms with Crippen molar-refractivity contribution in [3.05, 3.63) is 39.8 Å². The summed E-state index contributed by atoms with van der Waals surface area (Å²) in [6.07, 6.45) is 1.88. The Morgan fingerprint density at radius 2 is 2.12 bits per heavy atom. The van der Waals surface area contributed by atoms with Gasteiger partial charge in [0, 0.05) is 17.4 Å². The van der Waals surface area contributed by atoms with E-state index in [2.05, 4.69) is 20.4 Å². The van der Waals surface area contributed by atoms with Gasteiger partial charge >= 0.3 is 11.9 Å². The van der Waals surface area contributed by atoms with Crippen molar-refractivity contribution >= 4 is 86.4 Å². The maximum absolute atomic E-state index is 13.2. The fourth-order valence-corrected chi connectivity index (χ4v) is 6.36. The van der Waals surface area contributed by atoms with Crippen molar-refractivity contribution in [2.24, 2.45) is 5.16 Å². The summed E-state index contributed by atoms with van der Waals surface area (Å²) in [5, 5.41) is 24.5. The van der Waals surface area contributed by atoms with Crippen LogP contribution in [0, 0.1) is 0 Å². The third kappa shape index (κ3) is 5.35. The predicted molar refractivity (Wildman–Crippen MR) is 145 cm³/mol. The molecule has 0 bridgehead atoms. The minimum atomic E-state index is -1.41. The number of thiazole rings is 1. The molecule has 2 aliphatic heterocycles. The number of carboxylic acid groups (broad SMARTS) is 2. The Kier molecular flexibility index (Phi) is 7.45. The second kappa shape index (κ2) is 10.9. The lowest BCUT2D eigenvalue weighted by Gasteiger charge is -2.49. The lowest BCUT2D eigenvalue weighted by Crippen LogP contribution is -2.71. The molecule has 0 aliphatic carbocycles. The number of aliphatic carboxylic acids is 2. The Balaban J connectivity index is 1.37. The number of oxime groups is 1. The van der Waals surface area contributed by atoms with Gasteiger partial charge in [-0.05, 0) is 6.92 Å². The van der Waals surface area contributed by atoms with Gasteiger partial charge in [-0.15, -0.1) is 11.8 Å². The van der Waals surface area contributed by atoms with Crippen LogP contribution in [0.1, 0.15) is 12.6 Å². The van der Waals surface area contributed by atoms with E-state index in [0.717, 1.165) is 16.2 Å². The minimum absolute atomic E-state index is 0.00444. The van der Waals surface area contributed by atoms with Crippen molar-refractivity contribution < 1.29 is 43.2 Å². The normalized spacial score (nSPS) is 19.5. The Labute approximate surface area is 242 Å². The summed E-state index contributed by atoms with van der Waals surface area (Å²) in [5.41, 5.74) is 11.8. The number of nitrogen functional groups attached to an aromatic ring is 2. The highest BCUT2D eigenvalue weighted by Gasteiger charge is 2.55. The van der Waals surface area contributed by atoms with E-state index >= 15 is 0 Å². The number of amides is 2. The molecule has 2 aliphatic rings. The first-order valence-electron chi connectivity index (χ1n) is 11.6. The molecule has 0 spiro atoms. The molecule has 5 rings (SSSR count). The number of carboxylic acids is 2. The number of carbonyl (C=O) groups excluding carboxylic acids is 2. The molecule has 7 N–H and O–H groups in total. The average Bonchev–Trinajstić information content (AvgIpc) is 3.45. The number of hydrogen-bond acceptors (Lipinski definition) is 13. The predicted octanol–water partition coefficient (Wildman–Crippen LogP) is 0.0222. The van der Waals surface area contributed by atoms with Gasteiger partial charge in [0.05, 0.1) is 0 Å². The number of carbonyl (C=O) groups is 4. The van der Waals surface area contributed by atoms with Crippen LogP contribution in [0.25, 0.3) is 11.1 Å². The number of rotatable bonds is 9. The number of nitrogens with one attached hydrogen (secondary N) is 1. The molecule has 0 aromatic carbocycles. The number of thioether (sulfide) groups is 1. The summed E-state index contributed by atoms with van der Waals surface area (Å²) in [4.78, 5) is 63.7. The first-order valence-corrected chi connectivity index (χ1v) is 13.8. The van der Waals surface area contributed by atoms with Gasteiger partial charge in [0.2, 0.25) is 17.9 Å². The van der Waals surface area contributed by atoms with Gasteiger partial charge in [-0.25, -0.2) is 14.6 Å². The monoisotopic (exact) mass is 623 g/mol. The van der Waals surface area contributed by atoms with Crippen LogP contribution >= 0.6 is 34.7 Å². The fourth-order valence-electron chi connectivity index (χ4n) is 4.10. The molecule has 19 heteroatoms. The van der Waals surface area contributed by atoms with Crippen LogP contribution in [0.4, 0.5) is 11.1 Å². The highest BCUT2D eigenvalue weighted by atomic mass is 35.5. The Morgan fingerprint density at radius 1 is 1.37 bits per heavy atom. The molecule has 3 atom stereocenters. The van der Waals surface area contributed by atoms with Crippen LogP contribution in [0.3, 0.4) is 0 Å². The molecule has 1 saturated heterocycles. The lowest BCUT2D eigenvalue weighted by atomic mass is 10.0. The molecular formula is C22H20ClN8O8S2+. The van der Waals surface area contributed by atoms with E-state index in [1.807, 2.05) is 0 Å². The zero-order valence-corrected chi connectivity index (χ0v) is 23.2. The lowest BCUT2D eigenvalue weighted by molar-refractivity contribution is -0.688. The molecule has 2 unspecified atom stereocenters. The highest BCUT2D eigenvalue weighted by molar-refractivity contribution is 8.00. The van der Waals surface area contributed by atoms with Crippen molar-refractivity contribution in [2.45, 2.75) is 31.0 Å². The molecule has 214 valence electrons. The van der Waals surface area contributed by atoms with Crippen molar-refractivity contribution in [1.29, 1.82) is 0 Å². The average molecular weight is 624 g/mol. The van der Waals surface area contributed by atoms with Gasteiger partial charge < -0.3 is 36.3 Å². The number of anilines is 2. The maximum Gasteiger partial charge on any atom is 0.352 e. The molecule has 41 heavy (non-hydrogen) atoms. The van der Waals surface area contributed by atoms with Crippen LogP contribution in [-0.4, -0.2) is 77.8 Å². The zero-order chi connectivity index (χ0) is 29.6. The Morgan fingerprint density at radius 3 is 2.78 bits per heavy atom. The third-order valence-electron chi connectivity index (χ3n) is 6.01. The molecule has 0 radical (unpaired) electrons. The second-order valence-corrected chi connectivity index (χ2v) is 11.5. The van der Waals surface area contributed by atoms with Crippen LogP contribution in [0.2, 0.25) is 4.34 Å². The fraction of sp³-hybridized carbons (Fsp3) is 0.273. The smallest absolute Gasteiger partial charge is 0.352 e. The second-order valence-electron chi connectivity index (χ2n) is 8.74. The van der Waals surface area contributed by atoms with E-state index < -0.39 is 47.0 Å². The largest absolute Gasteiger partial charge is 0.478 e. The van der Waals surface area contributed by atoms with Crippen molar-refractivity contribution in [3.63, 3.8) is 0 Å². The van der Waals surface area contributed by atoms with Crippen molar-refractivity contribution in [1.82, 2.24) is 20.2 Å². The van der Waals surface area contributed by atoms with Crippen molar-refractivity contribution in [3.8, 4) is 0 Å². The number of β-lactam (4-membered cyclic amide) rings is 1. The van der Waals surface area contributed by atoms with Gasteiger partial charge in [-0.1, -0.05) is 28.1 Å². The zero-order valence-electron chi connectivity index (χ0n) is 20.8. The SMILES string of the molecule is C[C@H](O/N=C(\C(=O)NC1C(=O)N2C(C(=O)O)=C(C[n+]3ccc4nc(N)oc4c3)CSC12)c1nc(N)sc1Cl)C(=O)O. The maximum atomic E-state index is 13.2. The van der Waals surface area contributed by atoms with E-state index in [1.54, 1.807) is 23.0 Å². The molecular weight excluding hydrogens is 604 g/mol. The number of pyridine rings is 1. The van der Waals surface area contributed by atoms with E-state index in [4.69, 9.17) is 37.4 Å². The first-order chi connectivity index (χ1) is 19.4. The number of oxazole rings is 1. The molecule has 1 fully saturated rings. The Bertz CT molecular complexity index is 1670. The molecule has 5 heterocycles. The number of nitrogens with zero attached hydrogens (tertiary/aromatic N) is 5. The van der Waals surface area contributed by atoms with Gasteiger partial charge in [0.1, 0.15) is 32.7 Å². The van der Waals surface area contributed by atoms with Crippen LogP contribution in [0.15, 0.2) is 39.3 Å². The highest BCUT2D eigenvalue weighted by Crippen LogP contribution is 2.40. The van der Waals surface area contributed by atoms with Gasteiger partial charge in [0.25, 0.3) is 17.8 Å². The summed E-state index contributed by atoms with van der Waals surface area (Å²) < 4.78 is 7.00. The van der Waals surface area contributed by atoms with E-state index in [9.17, 15) is 24.3 Å². The summed E-state index contributed by atoms with van der Waals surface area (Å²) in [5.74, 6) is -4.03. The van der Waals surface area contributed by atoms with Crippen LogP contribution < -0.4 is 21.4 Å². The third-order valence-corrected chi connectivity index (χ3v) is 8.43. The number of fused-ring (bicyclic) bond motifs is 2. The van der Waals surface area contributed by atoms with Gasteiger partial charge in [0.15, 0.2) is 23.6 Å². The molecule has 16 nitrogen and oxygen atoms in total. The number of aromatic nitrogens is 3. The van der Waals surface area contributed by atoms with E-state index in [1.165, 1.54) is 18.7 Å². The standard InChI is InChI=1S/C22H19ClN8O8S2/c1-7(19(34)35)39-29-12(11-15(23)41-22(25)28-11)16(32)27-13-17(33)31-14(20(36)37)8(6-40-18(13)31)4-30-3-2-9-10(5-30)38-21(24)26-9/h2-3,5,7,13,18,24H,4,6H2,1H3,(H5,25,27,28,32,34,35,36,37)/p+1/b29-12-/t7-,13?,18?/m0/s1. The van der Waals surface area contributed by atoms with E-state index in [0.29, 0.717) is 16.7 Å². The van der Waals surface area contributed by atoms with Gasteiger partial charge in [-0.3, -0.25) is 14.5 Å². The summed E-state index contributed by atoms with van der Waals surface area (Å²) >= 11 is 8.23. The number of nitrogens with two attached hydrogens (primary N) is 2. The first kappa shape index (κ1) is 28.1. The summed E-state index contributed by atoms with van der Waals surface area (Å²) in [6.45, 7) is 1.33.